The van der Waals surface area contributed by atoms with Crippen LogP contribution in [0.15, 0.2) is 41.5 Å². The number of aromatic nitrogens is 3. The fourth-order valence-electron chi connectivity index (χ4n) is 3.97. The van der Waals surface area contributed by atoms with Gasteiger partial charge in [-0.05, 0) is 50.9 Å². The highest BCUT2D eigenvalue weighted by molar-refractivity contribution is 7.14. The summed E-state index contributed by atoms with van der Waals surface area (Å²) in [5.74, 6) is 0.104. The van der Waals surface area contributed by atoms with Crippen LogP contribution in [0.3, 0.4) is 0 Å². The Kier molecular flexibility index (Phi) is 7.74. The van der Waals surface area contributed by atoms with Gasteiger partial charge in [0.25, 0.3) is 11.5 Å². The lowest BCUT2D eigenvalue weighted by atomic mass is 9.96. The Morgan fingerprint density at radius 3 is 2.89 bits per heavy atom. The molecule has 0 aliphatic carbocycles. The predicted octanol–water partition coefficient (Wildman–Crippen LogP) is 2.18. The van der Waals surface area contributed by atoms with Crippen molar-refractivity contribution in [3.8, 4) is 17.1 Å². The standard InChI is InChI=1S/C24H27N7O3S/c1-2-34-23-18(12-25)19(26)11-20(29-23)22(33)27-13-16-6-9-30(10-7-16)15-17-14-28-24(35-17)31-8-4-3-5-21(31)32/h3-5,8,11,14,16H,2,6-7,9-10,13,15H2,1H3,(H2,26,29)(H,27,33). The van der Waals surface area contributed by atoms with Gasteiger partial charge in [-0.25, -0.2) is 9.97 Å². The Morgan fingerprint density at radius 2 is 2.17 bits per heavy atom. The summed E-state index contributed by atoms with van der Waals surface area (Å²) in [6, 6.07) is 8.43. The van der Waals surface area contributed by atoms with Crippen LogP contribution in [0.4, 0.5) is 5.69 Å². The van der Waals surface area contributed by atoms with E-state index in [-0.39, 0.29) is 34.3 Å². The quantitative estimate of drug-likeness (QED) is 0.487. The molecule has 3 N–H and O–H groups in total. The molecule has 4 rings (SSSR count). The van der Waals surface area contributed by atoms with Crippen LogP contribution < -0.4 is 21.3 Å². The Labute approximate surface area is 207 Å². The third-order valence-corrected chi connectivity index (χ3v) is 6.83. The summed E-state index contributed by atoms with van der Waals surface area (Å²) in [5, 5.41) is 12.9. The molecule has 1 fully saturated rings. The molecule has 1 aliphatic heterocycles. The number of likely N-dealkylation sites (tertiary alicyclic amines) is 1. The fourth-order valence-corrected chi connectivity index (χ4v) is 4.92. The number of amides is 1. The molecule has 0 atom stereocenters. The van der Waals surface area contributed by atoms with Crippen LogP contribution in [-0.2, 0) is 6.54 Å². The molecule has 4 heterocycles. The third kappa shape index (κ3) is 5.85. The fraction of sp³-hybridized carbons (Fsp3) is 0.375. The number of nitrogen functional groups attached to an aromatic ring is 1. The molecule has 0 radical (unpaired) electrons. The maximum Gasteiger partial charge on any atom is 0.270 e. The smallest absolute Gasteiger partial charge is 0.270 e. The van der Waals surface area contributed by atoms with Gasteiger partial charge in [0, 0.05) is 36.4 Å². The van der Waals surface area contributed by atoms with Gasteiger partial charge >= 0.3 is 0 Å². The van der Waals surface area contributed by atoms with Crippen molar-refractivity contribution in [1.82, 2.24) is 24.8 Å². The molecule has 0 unspecified atom stereocenters. The number of nitrogens with two attached hydrogens (primary N) is 1. The zero-order valence-corrected chi connectivity index (χ0v) is 20.3. The minimum absolute atomic E-state index is 0.0804. The summed E-state index contributed by atoms with van der Waals surface area (Å²) < 4.78 is 6.92. The summed E-state index contributed by atoms with van der Waals surface area (Å²) in [6.07, 6.45) is 5.47. The molecular formula is C24H27N7O3S. The van der Waals surface area contributed by atoms with Gasteiger partial charge in [-0.1, -0.05) is 17.4 Å². The number of ether oxygens (including phenoxy) is 1. The Morgan fingerprint density at radius 1 is 1.37 bits per heavy atom. The summed E-state index contributed by atoms with van der Waals surface area (Å²) in [4.78, 5) is 36.7. The van der Waals surface area contributed by atoms with Crippen molar-refractivity contribution >= 4 is 22.9 Å². The maximum absolute atomic E-state index is 12.6. The van der Waals surface area contributed by atoms with Gasteiger partial charge in [0.05, 0.1) is 12.3 Å². The topological polar surface area (TPSA) is 139 Å². The van der Waals surface area contributed by atoms with Crippen molar-refractivity contribution in [2.24, 2.45) is 5.92 Å². The zero-order valence-electron chi connectivity index (χ0n) is 19.4. The van der Waals surface area contributed by atoms with Crippen molar-refractivity contribution in [2.75, 3.05) is 32.0 Å². The highest BCUT2D eigenvalue weighted by Crippen LogP contribution is 2.24. The monoisotopic (exact) mass is 493 g/mol. The molecule has 0 aromatic carbocycles. The van der Waals surface area contributed by atoms with E-state index in [4.69, 9.17) is 10.5 Å². The molecule has 0 spiro atoms. The number of anilines is 1. The second kappa shape index (κ2) is 11.1. The van der Waals surface area contributed by atoms with E-state index in [9.17, 15) is 14.9 Å². The number of carbonyl (C=O) groups excluding carboxylic acids is 1. The molecular weight excluding hydrogens is 466 g/mol. The van der Waals surface area contributed by atoms with Crippen LogP contribution in [-0.4, -0.2) is 51.6 Å². The van der Waals surface area contributed by atoms with Crippen molar-refractivity contribution in [3.05, 3.63) is 63.1 Å². The van der Waals surface area contributed by atoms with Crippen LogP contribution in [0, 0.1) is 17.2 Å². The Hall–Kier alpha value is -3.75. The molecule has 0 saturated carbocycles. The molecule has 3 aromatic heterocycles. The summed E-state index contributed by atoms with van der Waals surface area (Å²) in [6.45, 7) is 5.24. The zero-order chi connectivity index (χ0) is 24.8. The molecule has 3 aromatic rings. The summed E-state index contributed by atoms with van der Waals surface area (Å²) >= 11 is 1.52. The summed E-state index contributed by atoms with van der Waals surface area (Å²) in [7, 11) is 0. The Balaban J connectivity index is 1.27. The molecule has 35 heavy (non-hydrogen) atoms. The van der Waals surface area contributed by atoms with Gasteiger partial charge in [-0.2, -0.15) is 5.26 Å². The van der Waals surface area contributed by atoms with Gasteiger partial charge in [-0.15, -0.1) is 0 Å². The highest BCUT2D eigenvalue weighted by Gasteiger charge is 2.22. The van der Waals surface area contributed by atoms with Gasteiger partial charge in [0.2, 0.25) is 5.88 Å². The second-order valence-corrected chi connectivity index (χ2v) is 9.36. The van der Waals surface area contributed by atoms with Gasteiger partial charge < -0.3 is 15.8 Å². The van der Waals surface area contributed by atoms with Gasteiger partial charge in [-0.3, -0.25) is 19.1 Å². The molecule has 0 bridgehead atoms. The third-order valence-electron chi connectivity index (χ3n) is 5.85. The molecule has 11 heteroatoms. The first kappa shape index (κ1) is 24.4. The number of piperidine rings is 1. The van der Waals surface area contributed by atoms with Crippen LogP contribution in [0.1, 0.15) is 40.7 Å². The average Bonchev–Trinajstić information content (AvgIpc) is 3.32. The minimum Gasteiger partial charge on any atom is -0.477 e. The van der Waals surface area contributed by atoms with Crippen LogP contribution in [0.25, 0.3) is 5.13 Å². The number of nitrogens with zero attached hydrogens (tertiary/aromatic N) is 5. The van der Waals surface area contributed by atoms with Gasteiger partial charge in [0.15, 0.2) is 5.13 Å². The van der Waals surface area contributed by atoms with Crippen LogP contribution in [0.2, 0.25) is 0 Å². The Bertz CT molecular complexity index is 1290. The van der Waals surface area contributed by atoms with Crippen LogP contribution in [0.5, 0.6) is 5.88 Å². The average molecular weight is 494 g/mol. The van der Waals surface area contributed by atoms with E-state index in [1.54, 1.807) is 23.8 Å². The van der Waals surface area contributed by atoms with E-state index < -0.39 is 0 Å². The maximum atomic E-state index is 12.6. The van der Waals surface area contributed by atoms with Crippen LogP contribution >= 0.6 is 11.3 Å². The van der Waals surface area contributed by atoms with E-state index in [0.717, 1.165) is 37.4 Å². The van der Waals surface area contributed by atoms with E-state index in [2.05, 4.69) is 20.2 Å². The van der Waals surface area contributed by atoms with Crippen molar-refractivity contribution in [2.45, 2.75) is 26.3 Å². The minimum atomic E-state index is -0.335. The second-order valence-electron chi connectivity index (χ2n) is 8.27. The van der Waals surface area contributed by atoms with Gasteiger partial charge in [0.1, 0.15) is 17.3 Å². The predicted molar refractivity (Wildman–Crippen MR) is 133 cm³/mol. The number of hydrogen-bond donors (Lipinski definition) is 2. The number of carbonyl (C=O) groups is 1. The van der Waals surface area contributed by atoms with E-state index in [0.29, 0.717) is 24.2 Å². The first-order valence-electron chi connectivity index (χ1n) is 11.4. The lowest BCUT2D eigenvalue weighted by molar-refractivity contribution is 0.0929. The largest absolute Gasteiger partial charge is 0.477 e. The SMILES string of the molecule is CCOc1nc(C(=O)NCC2CCN(Cc3cnc(-n4ccccc4=O)s3)CC2)cc(N)c1C#N. The number of nitriles is 1. The first-order valence-corrected chi connectivity index (χ1v) is 12.3. The highest BCUT2D eigenvalue weighted by atomic mass is 32.1. The number of thiazole rings is 1. The summed E-state index contributed by atoms with van der Waals surface area (Å²) in [5.41, 5.74) is 6.27. The number of nitrogens with one attached hydrogen (secondary N) is 1. The molecule has 182 valence electrons. The molecule has 1 aliphatic rings. The normalized spacial score (nSPS) is 14.4. The van der Waals surface area contributed by atoms with Crippen molar-refractivity contribution < 1.29 is 9.53 Å². The van der Waals surface area contributed by atoms with Crippen molar-refractivity contribution in [3.63, 3.8) is 0 Å². The number of pyridine rings is 2. The van der Waals surface area contributed by atoms with E-state index >= 15 is 0 Å². The number of rotatable bonds is 8. The molecule has 1 saturated heterocycles. The first-order chi connectivity index (χ1) is 17.0. The van der Waals surface area contributed by atoms with E-state index in [1.807, 2.05) is 18.3 Å². The lowest BCUT2D eigenvalue weighted by Gasteiger charge is -2.31. The number of hydrogen-bond acceptors (Lipinski definition) is 9. The molecule has 1 amide bonds. The lowest BCUT2D eigenvalue weighted by Crippen LogP contribution is -2.38. The molecule has 10 nitrogen and oxygen atoms in total. The van der Waals surface area contributed by atoms with E-state index in [1.165, 1.54) is 23.5 Å². The van der Waals surface area contributed by atoms with Crippen molar-refractivity contribution in [1.29, 1.82) is 5.26 Å².